The van der Waals surface area contributed by atoms with Gasteiger partial charge in [-0.25, -0.2) is 0 Å². The first kappa shape index (κ1) is 18.0. The van der Waals surface area contributed by atoms with Gasteiger partial charge < -0.3 is 9.47 Å². The molecule has 140 valence electrons. The van der Waals surface area contributed by atoms with E-state index in [0.29, 0.717) is 23.1 Å². The SMILES string of the molecule is COc1ccc(C(=O)C(C)OC(=O)C23CC4CC(CC(Br)(C4)C2)C3)cc1. The first-order valence-electron chi connectivity index (χ1n) is 9.41. The number of alkyl halides is 1. The first-order valence-corrected chi connectivity index (χ1v) is 10.2. The summed E-state index contributed by atoms with van der Waals surface area (Å²) in [5.41, 5.74) is 0.135. The fourth-order valence-corrected chi connectivity index (χ4v) is 7.17. The van der Waals surface area contributed by atoms with Crippen molar-refractivity contribution in [3.8, 4) is 5.75 Å². The summed E-state index contributed by atoms with van der Waals surface area (Å²) in [6, 6.07) is 6.91. The van der Waals surface area contributed by atoms with Crippen molar-refractivity contribution >= 4 is 27.7 Å². The Balaban J connectivity index is 1.46. The highest BCUT2D eigenvalue weighted by Gasteiger charge is 2.60. The standard InChI is InChI=1S/C21H25BrO4/c1-13(18(23)16-3-5-17(25-2)6-4-16)26-19(24)20-8-14-7-15(9-20)11-21(22,10-14)12-20/h3-6,13-15H,7-12H2,1-2H3. The number of Topliss-reactive ketones (excluding diaryl/α,β-unsaturated/α-hetero) is 1. The normalized spacial score (nSPS) is 35.8. The summed E-state index contributed by atoms with van der Waals surface area (Å²) in [5, 5.41) is 0. The van der Waals surface area contributed by atoms with E-state index in [-0.39, 0.29) is 16.1 Å². The van der Waals surface area contributed by atoms with Crippen molar-refractivity contribution in [3.63, 3.8) is 0 Å². The monoisotopic (exact) mass is 420 g/mol. The Kier molecular flexibility index (Phi) is 4.41. The summed E-state index contributed by atoms with van der Waals surface area (Å²) in [4.78, 5) is 25.7. The maximum atomic E-state index is 13.1. The zero-order valence-electron chi connectivity index (χ0n) is 15.3. The molecule has 4 saturated carbocycles. The maximum absolute atomic E-state index is 13.1. The Morgan fingerprint density at radius 2 is 1.73 bits per heavy atom. The molecule has 4 fully saturated rings. The third-order valence-electron chi connectivity index (χ3n) is 6.45. The van der Waals surface area contributed by atoms with Crippen LogP contribution in [0, 0.1) is 17.3 Å². The van der Waals surface area contributed by atoms with Crippen molar-refractivity contribution < 1.29 is 19.1 Å². The second kappa shape index (κ2) is 6.36. The third-order valence-corrected chi connectivity index (χ3v) is 7.38. The molecule has 5 heteroatoms. The molecule has 0 aromatic heterocycles. The summed E-state index contributed by atoms with van der Waals surface area (Å²) in [7, 11) is 1.59. The average Bonchev–Trinajstić information content (AvgIpc) is 2.59. The highest BCUT2D eigenvalue weighted by Crippen LogP contribution is 2.64. The van der Waals surface area contributed by atoms with Gasteiger partial charge in [0.1, 0.15) is 5.75 Å². The molecule has 4 bridgehead atoms. The molecule has 0 amide bonds. The second-order valence-electron chi connectivity index (χ2n) is 8.53. The van der Waals surface area contributed by atoms with E-state index in [1.54, 1.807) is 38.3 Å². The largest absolute Gasteiger partial charge is 0.497 e. The lowest BCUT2D eigenvalue weighted by atomic mass is 9.49. The Labute approximate surface area is 162 Å². The number of ether oxygens (including phenoxy) is 2. The molecule has 0 heterocycles. The molecule has 4 aliphatic rings. The van der Waals surface area contributed by atoms with Crippen LogP contribution in [-0.2, 0) is 9.53 Å². The first-order chi connectivity index (χ1) is 12.3. The van der Waals surface area contributed by atoms with Gasteiger partial charge in [-0.05, 0) is 81.5 Å². The number of methoxy groups -OCH3 is 1. The van der Waals surface area contributed by atoms with E-state index in [4.69, 9.17) is 9.47 Å². The van der Waals surface area contributed by atoms with Crippen molar-refractivity contribution in [2.24, 2.45) is 17.3 Å². The van der Waals surface area contributed by atoms with Crippen LogP contribution in [0.5, 0.6) is 5.75 Å². The van der Waals surface area contributed by atoms with Gasteiger partial charge in [0.05, 0.1) is 12.5 Å². The number of hydrogen-bond donors (Lipinski definition) is 0. The summed E-state index contributed by atoms with van der Waals surface area (Å²) in [6.45, 7) is 1.68. The van der Waals surface area contributed by atoms with Gasteiger partial charge in [-0.2, -0.15) is 0 Å². The molecule has 5 rings (SSSR count). The van der Waals surface area contributed by atoms with Crippen LogP contribution in [0.3, 0.4) is 0 Å². The minimum absolute atomic E-state index is 0.0966. The van der Waals surface area contributed by atoms with E-state index < -0.39 is 11.5 Å². The molecule has 1 aromatic rings. The minimum Gasteiger partial charge on any atom is -0.497 e. The number of carbonyl (C=O) groups excluding carboxylic acids is 2. The molecule has 3 unspecified atom stereocenters. The van der Waals surface area contributed by atoms with Gasteiger partial charge >= 0.3 is 5.97 Å². The molecule has 0 radical (unpaired) electrons. The average molecular weight is 421 g/mol. The van der Waals surface area contributed by atoms with Crippen molar-refractivity contribution in [3.05, 3.63) is 29.8 Å². The predicted octanol–water partition coefficient (Wildman–Crippen LogP) is 4.54. The summed E-state index contributed by atoms with van der Waals surface area (Å²) >= 11 is 3.92. The van der Waals surface area contributed by atoms with Crippen LogP contribution in [0.4, 0.5) is 0 Å². The van der Waals surface area contributed by atoms with Crippen molar-refractivity contribution in [1.82, 2.24) is 0 Å². The van der Waals surface area contributed by atoms with Crippen LogP contribution in [-0.4, -0.2) is 29.3 Å². The Morgan fingerprint density at radius 3 is 2.27 bits per heavy atom. The quantitative estimate of drug-likeness (QED) is 0.398. The van der Waals surface area contributed by atoms with Crippen LogP contribution in [0.2, 0.25) is 0 Å². The highest BCUT2D eigenvalue weighted by atomic mass is 79.9. The van der Waals surface area contributed by atoms with E-state index >= 15 is 0 Å². The molecule has 0 N–H and O–H groups in total. The van der Waals surface area contributed by atoms with Gasteiger partial charge in [-0.1, -0.05) is 15.9 Å². The molecular weight excluding hydrogens is 396 g/mol. The molecule has 1 aromatic carbocycles. The van der Waals surface area contributed by atoms with E-state index in [0.717, 1.165) is 19.3 Å². The molecule has 0 spiro atoms. The Morgan fingerprint density at radius 1 is 1.12 bits per heavy atom. The molecule has 4 aliphatic carbocycles. The number of ketones is 1. The molecule has 4 nitrogen and oxygen atoms in total. The number of benzene rings is 1. The van der Waals surface area contributed by atoms with Crippen molar-refractivity contribution in [2.75, 3.05) is 7.11 Å². The van der Waals surface area contributed by atoms with Gasteiger partial charge in [-0.15, -0.1) is 0 Å². The lowest BCUT2D eigenvalue weighted by Crippen LogP contribution is -2.56. The maximum Gasteiger partial charge on any atom is 0.312 e. The smallest absolute Gasteiger partial charge is 0.312 e. The number of hydrogen-bond acceptors (Lipinski definition) is 4. The summed E-state index contributed by atoms with van der Waals surface area (Å²) in [5.74, 6) is 1.57. The van der Waals surface area contributed by atoms with Crippen molar-refractivity contribution in [1.29, 1.82) is 0 Å². The Bertz CT molecular complexity index is 712. The fraction of sp³-hybridized carbons (Fsp3) is 0.619. The van der Waals surface area contributed by atoms with Gasteiger partial charge in [0.15, 0.2) is 6.10 Å². The Hall–Kier alpha value is -1.36. The van der Waals surface area contributed by atoms with E-state index in [1.165, 1.54) is 19.3 Å². The van der Waals surface area contributed by atoms with Crippen LogP contribution in [0.15, 0.2) is 24.3 Å². The molecule has 0 saturated heterocycles. The number of halogens is 1. The van der Waals surface area contributed by atoms with Crippen molar-refractivity contribution in [2.45, 2.75) is 55.9 Å². The third kappa shape index (κ3) is 3.08. The van der Waals surface area contributed by atoms with Crippen LogP contribution < -0.4 is 4.74 Å². The minimum atomic E-state index is -0.768. The zero-order valence-corrected chi connectivity index (χ0v) is 16.9. The number of rotatable bonds is 5. The second-order valence-corrected chi connectivity index (χ2v) is 10.2. The molecule has 26 heavy (non-hydrogen) atoms. The highest BCUT2D eigenvalue weighted by molar-refractivity contribution is 9.10. The lowest BCUT2D eigenvalue weighted by molar-refractivity contribution is -0.172. The topological polar surface area (TPSA) is 52.6 Å². The van der Waals surface area contributed by atoms with Gasteiger partial charge in [0.25, 0.3) is 0 Å². The van der Waals surface area contributed by atoms with Crippen LogP contribution >= 0.6 is 15.9 Å². The van der Waals surface area contributed by atoms with Gasteiger partial charge in [0, 0.05) is 9.89 Å². The fourth-order valence-electron chi connectivity index (χ4n) is 5.72. The molecule has 0 aliphatic heterocycles. The summed E-state index contributed by atoms with van der Waals surface area (Å²) in [6.07, 6.45) is 5.48. The number of carbonyl (C=O) groups is 2. The number of esters is 1. The molecule has 3 atom stereocenters. The van der Waals surface area contributed by atoms with E-state index in [9.17, 15) is 9.59 Å². The van der Waals surface area contributed by atoms with Crippen LogP contribution in [0.1, 0.15) is 55.8 Å². The summed E-state index contributed by atoms with van der Waals surface area (Å²) < 4.78 is 10.9. The van der Waals surface area contributed by atoms with Gasteiger partial charge in [0.2, 0.25) is 5.78 Å². The van der Waals surface area contributed by atoms with E-state index in [1.807, 2.05) is 0 Å². The molecular formula is C21H25BrO4. The van der Waals surface area contributed by atoms with E-state index in [2.05, 4.69) is 15.9 Å². The zero-order chi connectivity index (χ0) is 18.5. The lowest BCUT2D eigenvalue weighted by Gasteiger charge is -2.58. The predicted molar refractivity (Wildman–Crippen MR) is 102 cm³/mol. The van der Waals surface area contributed by atoms with Gasteiger partial charge in [-0.3, -0.25) is 9.59 Å². The van der Waals surface area contributed by atoms with Crippen LogP contribution in [0.25, 0.3) is 0 Å².